The van der Waals surface area contributed by atoms with Gasteiger partial charge in [-0.15, -0.1) is 5.92 Å². The van der Waals surface area contributed by atoms with Gasteiger partial charge >= 0.3 is 0 Å². The molecule has 3 rings (SSSR count). The van der Waals surface area contributed by atoms with Gasteiger partial charge in [0.25, 0.3) is 0 Å². The quantitative estimate of drug-likeness (QED) is 0.509. The Balaban J connectivity index is 1.98. The third-order valence-electron chi connectivity index (χ3n) is 4.57. The molecule has 0 aliphatic heterocycles. The summed E-state index contributed by atoms with van der Waals surface area (Å²) in [5.74, 6) is 8.03. The summed E-state index contributed by atoms with van der Waals surface area (Å²) in [5.41, 5.74) is 2.58. The Morgan fingerprint density at radius 1 is 1.11 bits per heavy atom. The molecule has 1 saturated carbocycles. The van der Waals surface area contributed by atoms with Crippen LogP contribution >= 0.6 is 0 Å². The van der Waals surface area contributed by atoms with Crippen molar-refractivity contribution >= 4 is 0 Å². The van der Waals surface area contributed by atoms with Crippen molar-refractivity contribution in [2.75, 3.05) is 0 Å². The van der Waals surface area contributed by atoms with Gasteiger partial charge in [0.15, 0.2) is 0 Å². The van der Waals surface area contributed by atoms with Gasteiger partial charge in [-0.1, -0.05) is 41.4 Å². The lowest BCUT2D eigenvalue weighted by Crippen LogP contribution is -2.22. The van der Waals surface area contributed by atoms with Crippen LogP contribution in [0.15, 0.2) is 35.5 Å². The van der Waals surface area contributed by atoms with E-state index in [4.69, 9.17) is 0 Å². The zero-order valence-corrected chi connectivity index (χ0v) is 11.1. The summed E-state index contributed by atoms with van der Waals surface area (Å²) in [6.45, 7) is 4.24. The Morgan fingerprint density at radius 3 is 2.78 bits per heavy atom. The summed E-state index contributed by atoms with van der Waals surface area (Å²) < 4.78 is 0. The van der Waals surface area contributed by atoms with Crippen LogP contribution in [0, 0.1) is 35.5 Å². The number of aliphatic hydroxyl groups is 1. The van der Waals surface area contributed by atoms with Crippen molar-refractivity contribution in [2.24, 2.45) is 23.7 Å². The van der Waals surface area contributed by atoms with Crippen LogP contribution in [0.2, 0.25) is 0 Å². The number of hydrogen-bond acceptors (Lipinski definition) is 1. The summed E-state index contributed by atoms with van der Waals surface area (Å²) in [6.07, 6.45) is 10.5. The first-order chi connectivity index (χ1) is 8.66. The van der Waals surface area contributed by atoms with Gasteiger partial charge in [-0.3, -0.25) is 0 Å². The maximum absolute atomic E-state index is 10.6. The average Bonchev–Trinajstić information content (AvgIpc) is 2.56. The molecule has 0 spiro atoms. The molecule has 0 heterocycles. The molecule has 3 aliphatic rings. The van der Waals surface area contributed by atoms with Crippen molar-refractivity contribution in [3.8, 4) is 11.8 Å². The van der Waals surface area contributed by atoms with Crippen LogP contribution in [0.3, 0.4) is 0 Å². The molecular formula is C17H20O. The SMILES string of the molecule is CC1=CC2C(O)C3/C=C(/C)CC#CCC3C2C=C1. The number of rotatable bonds is 0. The number of allylic oxidation sites excluding steroid dienone is 4. The first-order valence-corrected chi connectivity index (χ1v) is 6.84. The van der Waals surface area contributed by atoms with Crippen LogP contribution in [-0.4, -0.2) is 11.2 Å². The Bertz CT molecular complexity index is 497. The van der Waals surface area contributed by atoms with E-state index in [2.05, 4.69) is 50.0 Å². The lowest BCUT2D eigenvalue weighted by molar-refractivity contribution is 0.116. The van der Waals surface area contributed by atoms with E-state index in [1.165, 1.54) is 11.1 Å². The molecule has 0 aromatic carbocycles. The van der Waals surface area contributed by atoms with Gasteiger partial charge in [0.05, 0.1) is 6.10 Å². The molecule has 0 radical (unpaired) electrons. The zero-order chi connectivity index (χ0) is 12.7. The normalized spacial score (nSPS) is 44.5. The van der Waals surface area contributed by atoms with Crippen LogP contribution in [0.4, 0.5) is 0 Å². The molecule has 0 aromatic heterocycles. The fourth-order valence-electron chi connectivity index (χ4n) is 3.66. The van der Waals surface area contributed by atoms with Crippen molar-refractivity contribution in [3.05, 3.63) is 35.5 Å². The van der Waals surface area contributed by atoms with Crippen molar-refractivity contribution in [1.29, 1.82) is 0 Å². The number of hydrogen-bond donors (Lipinski definition) is 1. The maximum atomic E-state index is 10.6. The lowest BCUT2D eigenvalue weighted by atomic mass is 9.81. The van der Waals surface area contributed by atoms with E-state index in [9.17, 15) is 5.11 Å². The molecule has 0 saturated heterocycles. The van der Waals surface area contributed by atoms with E-state index >= 15 is 0 Å². The highest BCUT2D eigenvalue weighted by Gasteiger charge is 2.47. The summed E-state index contributed by atoms with van der Waals surface area (Å²) in [6, 6.07) is 0. The molecule has 0 bridgehead atoms. The first-order valence-electron chi connectivity index (χ1n) is 6.84. The average molecular weight is 240 g/mol. The van der Waals surface area contributed by atoms with E-state index in [1.807, 2.05) is 0 Å². The fraction of sp³-hybridized carbons (Fsp3) is 0.529. The minimum absolute atomic E-state index is 0.241. The van der Waals surface area contributed by atoms with Gasteiger partial charge in [-0.25, -0.2) is 0 Å². The monoisotopic (exact) mass is 240 g/mol. The Kier molecular flexibility index (Phi) is 2.92. The van der Waals surface area contributed by atoms with Gasteiger partial charge < -0.3 is 5.11 Å². The van der Waals surface area contributed by atoms with Crippen LogP contribution < -0.4 is 0 Å². The van der Waals surface area contributed by atoms with Gasteiger partial charge in [0.1, 0.15) is 0 Å². The van der Waals surface area contributed by atoms with Crippen LogP contribution in [0.25, 0.3) is 0 Å². The van der Waals surface area contributed by atoms with E-state index in [0.29, 0.717) is 11.8 Å². The minimum Gasteiger partial charge on any atom is -0.392 e. The summed E-state index contributed by atoms with van der Waals surface area (Å²) in [7, 11) is 0. The number of aliphatic hydroxyl groups excluding tert-OH is 1. The molecular weight excluding hydrogens is 220 g/mol. The van der Waals surface area contributed by atoms with Crippen molar-refractivity contribution in [1.82, 2.24) is 0 Å². The smallest absolute Gasteiger partial charge is 0.0674 e. The first kappa shape index (κ1) is 11.8. The summed E-state index contributed by atoms with van der Waals surface area (Å²) in [4.78, 5) is 0. The largest absolute Gasteiger partial charge is 0.392 e. The number of fused-ring (bicyclic) bond motifs is 3. The van der Waals surface area contributed by atoms with E-state index in [-0.39, 0.29) is 17.9 Å². The van der Waals surface area contributed by atoms with E-state index in [1.54, 1.807) is 0 Å². The molecule has 94 valence electrons. The summed E-state index contributed by atoms with van der Waals surface area (Å²) in [5, 5.41) is 10.6. The molecule has 18 heavy (non-hydrogen) atoms. The van der Waals surface area contributed by atoms with Crippen LogP contribution in [-0.2, 0) is 0 Å². The standard InChI is InChI=1S/C17H20O/c1-11-5-3-4-6-13-14-8-7-12(2)10-16(14)17(18)15(13)9-11/h7-10,13-18H,5-6H2,1-2H3/b11-9-. The third-order valence-corrected chi connectivity index (χ3v) is 4.57. The highest BCUT2D eigenvalue weighted by atomic mass is 16.3. The molecule has 1 nitrogen and oxygen atoms in total. The molecule has 1 N–H and O–H groups in total. The highest BCUT2D eigenvalue weighted by molar-refractivity contribution is 5.30. The molecule has 1 fully saturated rings. The van der Waals surface area contributed by atoms with Crippen LogP contribution in [0.1, 0.15) is 26.7 Å². The molecule has 1 heteroatoms. The van der Waals surface area contributed by atoms with Gasteiger partial charge in [-0.2, -0.15) is 0 Å². The molecule has 5 atom stereocenters. The Hall–Kier alpha value is -1.26. The predicted octanol–water partition coefficient (Wildman–Crippen LogP) is 3.09. The van der Waals surface area contributed by atoms with Gasteiger partial charge in [0, 0.05) is 24.7 Å². The minimum atomic E-state index is -0.241. The van der Waals surface area contributed by atoms with Crippen LogP contribution in [0.5, 0.6) is 0 Å². The molecule has 0 aromatic rings. The second-order valence-corrected chi connectivity index (χ2v) is 5.90. The Morgan fingerprint density at radius 2 is 1.94 bits per heavy atom. The molecule has 0 amide bonds. The van der Waals surface area contributed by atoms with Gasteiger partial charge in [0.2, 0.25) is 0 Å². The van der Waals surface area contributed by atoms with Crippen molar-refractivity contribution < 1.29 is 5.11 Å². The lowest BCUT2D eigenvalue weighted by Gasteiger charge is -2.23. The fourth-order valence-corrected chi connectivity index (χ4v) is 3.66. The van der Waals surface area contributed by atoms with E-state index in [0.717, 1.165) is 12.8 Å². The topological polar surface area (TPSA) is 20.2 Å². The van der Waals surface area contributed by atoms with Crippen molar-refractivity contribution in [3.63, 3.8) is 0 Å². The zero-order valence-electron chi connectivity index (χ0n) is 11.1. The second kappa shape index (κ2) is 4.44. The van der Waals surface area contributed by atoms with E-state index < -0.39 is 0 Å². The highest BCUT2D eigenvalue weighted by Crippen LogP contribution is 2.48. The Labute approximate surface area is 109 Å². The molecule has 3 aliphatic carbocycles. The van der Waals surface area contributed by atoms with Gasteiger partial charge in [-0.05, 0) is 25.7 Å². The van der Waals surface area contributed by atoms with Crippen molar-refractivity contribution in [2.45, 2.75) is 32.8 Å². The third kappa shape index (κ3) is 1.85. The maximum Gasteiger partial charge on any atom is 0.0674 e. The molecule has 5 unspecified atom stereocenters. The second-order valence-electron chi connectivity index (χ2n) is 5.90. The summed E-state index contributed by atoms with van der Waals surface area (Å²) >= 11 is 0. The predicted molar refractivity (Wildman–Crippen MR) is 73.6 cm³/mol.